The number of carbonyl (C=O) groups excluding carboxylic acids is 3. The van der Waals surface area contributed by atoms with Crippen molar-refractivity contribution in [3.63, 3.8) is 0 Å². The summed E-state index contributed by atoms with van der Waals surface area (Å²) in [6, 6.07) is 14.2. The number of benzene rings is 2. The molecule has 0 atom stereocenters. The standard InChI is InChI=1S/C20H17BrN2O3/c1-2-11-22(15-6-4-3-5-7-15)18(24)10-12-23-19(25)16-9-8-14(21)13-17(16)20(23)26/h2-9,13H,1,10-12H2. The Hall–Kier alpha value is -2.73. The fourth-order valence-electron chi connectivity index (χ4n) is 2.90. The van der Waals surface area contributed by atoms with E-state index in [4.69, 9.17) is 0 Å². The number of fused-ring (bicyclic) bond motifs is 1. The third-order valence-corrected chi connectivity index (χ3v) is 4.66. The number of hydrogen-bond donors (Lipinski definition) is 0. The number of rotatable bonds is 6. The molecule has 0 radical (unpaired) electrons. The van der Waals surface area contributed by atoms with Gasteiger partial charge < -0.3 is 4.90 Å². The molecule has 132 valence electrons. The van der Waals surface area contributed by atoms with Gasteiger partial charge in [0.2, 0.25) is 5.91 Å². The molecule has 1 aliphatic rings. The highest BCUT2D eigenvalue weighted by Crippen LogP contribution is 2.26. The topological polar surface area (TPSA) is 57.7 Å². The molecule has 2 aromatic carbocycles. The van der Waals surface area contributed by atoms with Gasteiger partial charge in [0.1, 0.15) is 0 Å². The van der Waals surface area contributed by atoms with Crippen LogP contribution < -0.4 is 4.90 Å². The van der Waals surface area contributed by atoms with Crippen LogP contribution in [0.1, 0.15) is 27.1 Å². The van der Waals surface area contributed by atoms with Crippen molar-refractivity contribution in [3.05, 3.63) is 76.8 Å². The Kier molecular flexibility index (Phi) is 5.32. The predicted molar refractivity (Wildman–Crippen MR) is 103 cm³/mol. The van der Waals surface area contributed by atoms with E-state index in [-0.39, 0.29) is 30.7 Å². The van der Waals surface area contributed by atoms with Crippen molar-refractivity contribution in [2.24, 2.45) is 0 Å². The highest BCUT2D eigenvalue weighted by molar-refractivity contribution is 9.10. The molecule has 0 unspecified atom stereocenters. The molecule has 3 rings (SSSR count). The molecule has 0 aromatic heterocycles. The molecule has 0 fully saturated rings. The maximum absolute atomic E-state index is 12.7. The van der Waals surface area contributed by atoms with Gasteiger partial charge in [-0.1, -0.05) is 40.2 Å². The lowest BCUT2D eigenvalue weighted by Crippen LogP contribution is -2.37. The number of carbonyl (C=O) groups is 3. The molecule has 0 N–H and O–H groups in total. The zero-order chi connectivity index (χ0) is 18.7. The van der Waals surface area contributed by atoms with Crippen molar-refractivity contribution in [1.82, 2.24) is 4.90 Å². The summed E-state index contributed by atoms with van der Waals surface area (Å²) in [5, 5.41) is 0. The zero-order valence-electron chi connectivity index (χ0n) is 14.0. The van der Waals surface area contributed by atoms with Gasteiger partial charge in [0.15, 0.2) is 0 Å². The summed E-state index contributed by atoms with van der Waals surface area (Å²) in [5.41, 5.74) is 1.49. The van der Waals surface area contributed by atoms with E-state index in [1.54, 1.807) is 29.2 Å². The van der Waals surface area contributed by atoms with Crippen LogP contribution in [0, 0.1) is 0 Å². The largest absolute Gasteiger partial charge is 0.309 e. The Morgan fingerprint density at radius 2 is 1.77 bits per heavy atom. The molecule has 1 heterocycles. The fourth-order valence-corrected chi connectivity index (χ4v) is 3.26. The molecule has 2 aromatic rings. The third kappa shape index (κ3) is 3.46. The van der Waals surface area contributed by atoms with E-state index in [1.807, 2.05) is 30.3 Å². The van der Waals surface area contributed by atoms with Gasteiger partial charge in [-0.25, -0.2) is 0 Å². The Bertz CT molecular complexity index is 880. The second-order valence-electron chi connectivity index (χ2n) is 5.83. The second-order valence-corrected chi connectivity index (χ2v) is 6.75. The van der Waals surface area contributed by atoms with Crippen molar-refractivity contribution in [2.45, 2.75) is 6.42 Å². The normalized spacial score (nSPS) is 12.9. The van der Waals surface area contributed by atoms with Gasteiger partial charge in [-0.2, -0.15) is 0 Å². The van der Waals surface area contributed by atoms with Crippen LogP contribution in [0.5, 0.6) is 0 Å². The third-order valence-electron chi connectivity index (χ3n) is 4.16. The van der Waals surface area contributed by atoms with Crippen molar-refractivity contribution in [1.29, 1.82) is 0 Å². The van der Waals surface area contributed by atoms with Crippen molar-refractivity contribution < 1.29 is 14.4 Å². The smallest absolute Gasteiger partial charge is 0.261 e. The molecule has 0 bridgehead atoms. The maximum Gasteiger partial charge on any atom is 0.261 e. The highest BCUT2D eigenvalue weighted by Gasteiger charge is 2.35. The van der Waals surface area contributed by atoms with Gasteiger partial charge in [-0.3, -0.25) is 19.3 Å². The first-order valence-corrected chi connectivity index (χ1v) is 8.94. The number of imide groups is 1. The molecule has 3 amide bonds. The Morgan fingerprint density at radius 1 is 1.08 bits per heavy atom. The maximum atomic E-state index is 12.7. The monoisotopic (exact) mass is 412 g/mol. The van der Waals surface area contributed by atoms with Crippen LogP contribution >= 0.6 is 15.9 Å². The lowest BCUT2D eigenvalue weighted by molar-refractivity contribution is -0.118. The predicted octanol–water partition coefficient (Wildman–Crippen LogP) is 3.65. The van der Waals surface area contributed by atoms with Gasteiger partial charge in [0.25, 0.3) is 11.8 Å². The summed E-state index contributed by atoms with van der Waals surface area (Å²) in [6.45, 7) is 4.09. The van der Waals surface area contributed by atoms with Gasteiger partial charge >= 0.3 is 0 Å². The van der Waals surface area contributed by atoms with Crippen molar-refractivity contribution >= 4 is 39.3 Å². The number of halogens is 1. The van der Waals surface area contributed by atoms with Crippen LogP contribution in [0.4, 0.5) is 5.69 Å². The number of para-hydroxylation sites is 1. The molecule has 26 heavy (non-hydrogen) atoms. The Labute approximate surface area is 160 Å². The molecule has 1 aliphatic heterocycles. The number of anilines is 1. The van der Waals surface area contributed by atoms with E-state index in [0.29, 0.717) is 17.7 Å². The molecule has 0 saturated carbocycles. The minimum Gasteiger partial charge on any atom is -0.309 e. The summed E-state index contributed by atoms with van der Waals surface area (Å²) in [6.07, 6.45) is 1.69. The van der Waals surface area contributed by atoms with E-state index in [1.165, 1.54) is 0 Å². The Balaban J connectivity index is 1.72. The van der Waals surface area contributed by atoms with E-state index >= 15 is 0 Å². The Morgan fingerprint density at radius 3 is 2.46 bits per heavy atom. The average Bonchev–Trinajstić information content (AvgIpc) is 2.88. The van der Waals surface area contributed by atoms with Gasteiger partial charge in [0, 0.05) is 29.7 Å². The van der Waals surface area contributed by atoms with E-state index in [0.717, 1.165) is 15.1 Å². The van der Waals surface area contributed by atoms with E-state index in [9.17, 15) is 14.4 Å². The molecule has 0 aliphatic carbocycles. The first-order chi connectivity index (χ1) is 12.5. The molecule has 0 saturated heterocycles. The molecular formula is C20H17BrN2O3. The van der Waals surface area contributed by atoms with Crippen LogP contribution in [0.25, 0.3) is 0 Å². The van der Waals surface area contributed by atoms with E-state index < -0.39 is 0 Å². The summed E-state index contributed by atoms with van der Waals surface area (Å²) in [5.74, 6) is -0.900. The van der Waals surface area contributed by atoms with Crippen LogP contribution in [0.15, 0.2) is 65.7 Å². The first kappa shape index (κ1) is 18.1. The molecule has 6 heteroatoms. The minimum absolute atomic E-state index is 0.0449. The van der Waals surface area contributed by atoms with Gasteiger partial charge in [0.05, 0.1) is 11.1 Å². The zero-order valence-corrected chi connectivity index (χ0v) is 15.6. The molecule has 5 nitrogen and oxygen atoms in total. The highest BCUT2D eigenvalue weighted by atomic mass is 79.9. The van der Waals surface area contributed by atoms with Gasteiger partial charge in [-0.15, -0.1) is 6.58 Å². The van der Waals surface area contributed by atoms with Crippen LogP contribution in [-0.4, -0.2) is 35.7 Å². The number of nitrogens with zero attached hydrogens (tertiary/aromatic N) is 2. The molecule has 0 spiro atoms. The van der Waals surface area contributed by atoms with Gasteiger partial charge in [-0.05, 0) is 30.3 Å². The second kappa shape index (κ2) is 7.66. The molecular weight excluding hydrogens is 396 g/mol. The van der Waals surface area contributed by atoms with Crippen LogP contribution in [-0.2, 0) is 4.79 Å². The quantitative estimate of drug-likeness (QED) is 0.537. The summed E-state index contributed by atoms with van der Waals surface area (Å²) < 4.78 is 0.733. The number of hydrogen-bond acceptors (Lipinski definition) is 3. The lowest BCUT2D eigenvalue weighted by atomic mass is 10.1. The lowest BCUT2D eigenvalue weighted by Gasteiger charge is -2.22. The summed E-state index contributed by atoms with van der Waals surface area (Å²) >= 11 is 3.30. The van der Waals surface area contributed by atoms with Crippen LogP contribution in [0.2, 0.25) is 0 Å². The summed E-state index contributed by atoms with van der Waals surface area (Å²) in [7, 11) is 0. The van der Waals surface area contributed by atoms with Crippen LogP contribution in [0.3, 0.4) is 0 Å². The summed E-state index contributed by atoms with van der Waals surface area (Å²) in [4.78, 5) is 40.3. The fraction of sp³-hybridized carbons (Fsp3) is 0.150. The minimum atomic E-state index is -0.367. The number of amides is 3. The van der Waals surface area contributed by atoms with E-state index in [2.05, 4.69) is 22.5 Å². The first-order valence-electron chi connectivity index (χ1n) is 8.15. The SMILES string of the molecule is C=CCN(C(=O)CCN1C(=O)c2ccc(Br)cc2C1=O)c1ccccc1. The van der Waals surface area contributed by atoms with Crippen molar-refractivity contribution in [2.75, 3.05) is 18.0 Å². The van der Waals surface area contributed by atoms with Crippen molar-refractivity contribution in [3.8, 4) is 0 Å². The average molecular weight is 413 g/mol.